The van der Waals surface area contributed by atoms with Crippen molar-refractivity contribution in [2.45, 2.75) is 6.61 Å². The van der Waals surface area contributed by atoms with E-state index in [-0.39, 0.29) is 10.6 Å². The highest BCUT2D eigenvalue weighted by Gasteiger charge is 2.12. The van der Waals surface area contributed by atoms with E-state index in [9.17, 15) is 4.39 Å². The Kier molecular flexibility index (Phi) is 3.84. The second kappa shape index (κ2) is 5.55. The Morgan fingerprint density at radius 3 is 2.67 bits per heavy atom. The molecule has 92 valence electrons. The molecule has 0 aliphatic carbocycles. The Bertz CT molecular complexity index is 560. The van der Waals surface area contributed by atoms with Crippen LogP contribution in [0.5, 0.6) is 5.75 Å². The molecule has 5 heteroatoms. The number of nitrogens with two attached hydrogens (primary N) is 1. The van der Waals surface area contributed by atoms with Crippen LogP contribution in [-0.2, 0) is 6.61 Å². The fourth-order valence-corrected chi connectivity index (χ4v) is 1.70. The van der Waals surface area contributed by atoms with E-state index in [0.717, 1.165) is 5.56 Å². The molecular weight excluding hydrogens is 251 g/mol. The van der Waals surface area contributed by atoms with Crippen molar-refractivity contribution in [1.29, 1.82) is 0 Å². The highest BCUT2D eigenvalue weighted by molar-refractivity contribution is 7.80. The lowest BCUT2D eigenvalue weighted by Gasteiger charge is -2.11. The number of halogens is 1. The molecule has 3 nitrogen and oxygen atoms in total. The highest BCUT2D eigenvalue weighted by atomic mass is 32.1. The van der Waals surface area contributed by atoms with Crippen LogP contribution in [0.2, 0.25) is 0 Å². The first kappa shape index (κ1) is 12.4. The second-order valence-corrected chi connectivity index (χ2v) is 4.06. The van der Waals surface area contributed by atoms with Gasteiger partial charge in [-0.15, -0.1) is 0 Å². The van der Waals surface area contributed by atoms with Crippen molar-refractivity contribution >= 4 is 17.2 Å². The predicted octanol–water partition coefficient (Wildman–Crippen LogP) is 2.43. The zero-order valence-electron chi connectivity index (χ0n) is 9.47. The van der Waals surface area contributed by atoms with Crippen LogP contribution in [0, 0.1) is 5.82 Å². The molecule has 0 amide bonds. The summed E-state index contributed by atoms with van der Waals surface area (Å²) in [5.74, 6) is -0.131. The fourth-order valence-electron chi connectivity index (χ4n) is 1.50. The molecule has 0 unspecified atom stereocenters. The quantitative estimate of drug-likeness (QED) is 0.860. The minimum absolute atomic E-state index is 0.0159. The van der Waals surface area contributed by atoms with Gasteiger partial charge in [0.05, 0.1) is 5.56 Å². The maximum atomic E-state index is 13.6. The van der Waals surface area contributed by atoms with Crippen LogP contribution in [0.1, 0.15) is 11.1 Å². The van der Waals surface area contributed by atoms with Crippen molar-refractivity contribution < 1.29 is 9.13 Å². The Balaban J connectivity index is 2.20. The molecule has 1 heterocycles. The predicted molar refractivity (Wildman–Crippen MR) is 70.9 cm³/mol. The Labute approximate surface area is 109 Å². The number of aromatic nitrogens is 1. The molecule has 0 aliphatic heterocycles. The van der Waals surface area contributed by atoms with Crippen molar-refractivity contribution in [2.75, 3.05) is 0 Å². The van der Waals surface area contributed by atoms with Gasteiger partial charge in [-0.3, -0.25) is 4.98 Å². The Morgan fingerprint density at radius 1 is 1.28 bits per heavy atom. The summed E-state index contributed by atoms with van der Waals surface area (Å²) in [7, 11) is 0. The number of hydrogen-bond donors (Lipinski definition) is 1. The third-order valence-electron chi connectivity index (χ3n) is 2.37. The zero-order chi connectivity index (χ0) is 13.0. The molecule has 0 aliphatic rings. The SMILES string of the molecule is NC(=S)c1c(F)cccc1OCc1ccncc1. The van der Waals surface area contributed by atoms with Crippen LogP contribution in [0.4, 0.5) is 4.39 Å². The number of hydrogen-bond acceptors (Lipinski definition) is 3. The largest absolute Gasteiger partial charge is 0.488 e. The highest BCUT2D eigenvalue weighted by Crippen LogP contribution is 2.22. The molecule has 0 fully saturated rings. The first-order valence-corrected chi connectivity index (χ1v) is 5.69. The van der Waals surface area contributed by atoms with Gasteiger partial charge in [0.25, 0.3) is 0 Å². The van der Waals surface area contributed by atoms with Crippen LogP contribution in [0.15, 0.2) is 42.7 Å². The summed E-state index contributed by atoms with van der Waals surface area (Å²) in [6.45, 7) is 0.307. The maximum Gasteiger partial charge on any atom is 0.137 e. The van der Waals surface area contributed by atoms with Gasteiger partial charge in [0.15, 0.2) is 0 Å². The van der Waals surface area contributed by atoms with Crippen molar-refractivity contribution in [3.05, 3.63) is 59.7 Å². The van der Waals surface area contributed by atoms with Gasteiger partial charge in [0, 0.05) is 12.4 Å². The average Bonchev–Trinajstić information content (AvgIpc) is 2.37. The molecule has 1 aromatic heterocycles. The summed E-state index contributed by atoms with van der Waals surface area (Å²) in [4.78, 5) is 3.89. The minimum atomic E-state index is -0.477. The summed E-state index contributed by atoms with van der Waals surface area (Å²) in [6.07, 6.45) is 3.33. The second-order valence-electron chi connectivity index (χ2n) is 3.62. The Hall–Kier alpha value is -2.01. The number of pyridine rings is 1. The van der Waals surface area contributed by atoms with Gasteiger partial charge in [0.1, 0.15) is 23.2 Å². The van der Waals surface area contributed by atoms with Gasteiger partial charge in [0.2, 0.25) is 0 Å². The van der Waals surface area contributed by atoms with Gasteiger partial charge in [-0.25, -0.2) is 4.39 Å². The van der Waals surface area contributed by atoms with E-state index in [0.29, 0.717) is 12.4 Å². The van der Waals surface area contributed by atoms with Gasteiger partial charge in [-0.05, 0) is 29.8 Å². The fraction of sp³-hybridized carbons (Fsp3) is 0.0769. The maximum absolute atomic E-state index is 13.6. The Morgan fingerprint density at radius 2 is 2.00 bits per heavy atom. The molecule has 0 saturated carbocycles. The van der Waals surface area contributed by atoms with E-state index in [1.165, 1.54) is 6.07 Å². The summed E-state index contributed by atoms with van der Waals surface area (Å²) < 4.78 is 19.1. The van der Waals surface area contributed by atoms with Crippen molar-refractivity contribution in [2.24, 2.45) is 5.73 Å². The van der Waals surface area contributed by atoms with E-state index in [4.69, 9.17) is 22.7 Å². The van der Waals surface area contributed by atoms with E-state index in [2.05, 4.69) is 4.98 Å². The first-order valence-electron chi connectivity index (χ1n) is 5.28. The third kappa shape index (κ3) is 2.81. The van der Waals surface area contributed by atoms with E-state index in [1.807, 2.05) is 12.1 Å². The van der Waals surface area contributed by atoms with Crippen LogP contribution < -0.4 is 10.5 Å². The van der Waals surface area contributed by atoms with Gasteiger partial charge < -0.3 is 10.5 Å². The summed E-state index contributed by atoms with van der Waals surface area (Å²) in [5.41, 5.74) is 6.56. The number of nitrogens with zero attached hydrogens (tertiary/aromatic N) is 1. The number of ether oxygens (including phenoxy) is 1. The third-order valence-corrected chi connectivity index (χ3v) is 2.57. The van der Waals surface area contributed by atoms with Gasteiger partial charge >= 0.3 is 0 Å². The van der Waals surface area contributed by atoms with Gasteiger partial charge in [-0.1, -0.05) is 18.3 Å². The monoisotopic (exact) mass is 262 g/mol. The molecular formula is C13H11FN2OS. The molecule has 0 saturated heterocycles. The lowest BCUT2D eigenvalue weighted by molar-refractivity contribution is 0.304. The van der Waals surface area contributed by atoms with Crippen LogP contribution in [0.3, 0.4) is 0 Å². The first-order chi connectivity index (χ1) is 8.68. The van der Waals surface area contributed by atoms with Gasteiger partial charge in [-0.2, -0.15) is 0 Å². The van der Waals surface area contributed by atoms with Crippen LogP contribution in [-0.4, -0.2) is 9.97 Å². The zero-order valence-corrected chi connectivity index (χ0v) is 10.3. The molecule has 0 bridgehead atoms. The summed E-state index contributed by atoms with van der Waals surface area (Å²) in [5, 5.41) is 0. The summed E-state index contributed by atoms with van der Waals surface area (Å²) >= 11 is 4.82. The lowest BCUT2D eigenvalue weighted by Crippen LogP contribution is -2.14. The topological polar surface area (TPSA) is 48.1 Å². The van der Waals surface area contributed by atoms with E-state index in [1.54, 1.807) is 24.5 Å². The molecule has 18 heavy (non-hydrogen) atoms. The molecule has 2 rings (SSSR count). The molecule has 0 spiro atoms. The van der Waals surface area contributed by atoms with Crippen LogP contribution in [0.25, 0.3) is 0 Å². The molecule has 2 aromatic rings. The smallest absolute Gasteiger partial charge is 0.137 e. The standard InChI is InChI=1S/C13H11FN2OS/c14-10-2-1-3-11(12(10)13(15)18)17-8-9-4-6-16-7-5-9/h1-7H,8H2,(H2,15,18). The molecule has 1 aromatic carbocycles. The minimum Gasteiger partial charge on any atom is -0.488 e. The number of thiocarbonyl (C=S) groups is 1. The van der Waals surface area contributed by atoms with E-state index >= 15 is 0 Å². The normalized spacial score (nSPS) is 10.1. The number of benzene rings is 1. The summed E-state index contributed by atoms with van der Waals surface area (Å²) in [6, 6.07) is 8.13. The lowest BCUT2D eigenvalue weighted by atomic mass is 10.2. The van der Waals surface area contributed by atoms with E-state index < -0.39 is 5.82 Å². The molecule has 2 N–H and O–H groups in total. The van der Waals surface area contributed by atoms with Crippen molar-refractivity contribution in [1.82, 2.24) is 4.98 Å². The average molecular weight is 262 g/mol. The van der Waals surface area contributed by atoms with Crippen molar-refractivity contribution in [3.8, 4) is 5.75 Å². The molecule has 0 atom stereocenters. The van der Waals surface area contributed by atoms with Crippen LogP contribution >= 0.6 is 12.2 Å². The van der Waals surface area contributed by atoms with Crippen molar-refractivity contribution in [3.63, 3.8) is 0 Å². The molecule has 0 radical (unpaired) electrons. The number of rotatable bonds is 4.